The van der Waals surface area contributed by atoms with E-state index in [9.17, 15) is 0 Å². The third-order valence-corrected chi connectivity index (χ3v) is 5.15. The number of hydrogen-bond donors (Lipinski definition) is 4. The summed E-state index contributed by atoms with van der Waals surface area (Å²) >= 11 is 0. The second-order valence-electron chi connectivity index (χ2n) is 7.16. The second-order valence-corrected chi connectivity index (χ2v) is 7.16. The van der Waals surface area contributed by atoms with Gasteiger partial charge in [0, 0.05) is 24.8 Å². The van der Waals surface area contributed by atoms with Gasteiger partial charge in [-0.05, 0) is 31.0 Å². The van der Waals surface area contributed by atoms with Crippen molar-refractivity contribution in [2.24, 2.45) is 5.84 Å². The molecule has 0 saturated carbocycles. The molecule has 1 fully saturated rings. The number of aromatic amines is 1. The minimum atomic E-state index is 0.342. The van der Waals surface area contributed by atoms with Crippen molar-refractivity contribution in [3.63, 3.8) is 0 Å². The van der Waals surface area contributed by atoms with E-state index < -0.39 is 0 Å². The van der Waals surface area contributed by atoms with E-state index in [1.165, 1.54) is 11.2 Å². The van der Waals surface area contributed by atoms with Crippen molar-refractivity contribution in [1.82, 2.24) is 29.9 Å². The summed E-state index contributed by atoms with van der Waals surface area (Å²) < 4.78 is 7.37. The molecular weight excluding hydrogens is 384 g/mol. The van der Waals surface area contributed by atoms with Crippen molar-refractivity contribution in [2.75, 3.05) is 29.3 Å². The Labute approximate surface area is 172 Å². The highest BCUT2D eigenvalue weighted by molar-refractivity contribution is 5.83. The number of hydrazine groups is 1. The molecule has 0 radical (unpaired) electrons. The van der Waals surface area contributed by atoms with Crippen LogP contribution in [-0.2, 0) is 4.74 Å². The SMILES string of the molecule is Nc1cnc(Nc2cnn(C3CCOCC3)c2)nc1N(N)c1ccc2cn[nH]c2c1. The van der Waals surface area contributed by atoms with Gasteiger partial charge in [0.2, 0.25) is 5.95 Å². The number of benzene rings is 1. The number of fused-ring (bicyclic) bond motifs is 1. The van der Waals surface area contributed by atoms with Crippen LogP contribution < -0.4 is 21.9 Å². The quantitative estimate of drug-likeness (QED) is 0.289. The Morgan fingerprint density at radius 2 is 2.07 bits per heavy atom. The Hall–Kier alpha value is -3.70. The molecule has 0 aliphatic carbocycles. The van der Waals surface area contributed by atoms with Crippen LogP contribution in [-0.4, -0.2) is 43.2 Å². The molecule has 11 heteroatoms. The summed E-state index contributed by atoms with van der Waals surface area (Å²) in [5, 5.41) is 17.0. The molecular formula is C19H22N10O. The van der Waals surface area contributed by atoms with Gasteiger partial charge in [0.15, 0.2) is 5.82 Å². The van der Waals surface area contributed by atoms with Gasteiger partial charge in [-0.25, -0.2) is 10.8 Å². The zero-order valence-electron chi connectivity index (χ0n) is 16.2. The standard InChI is InChI=1S/C19H22N10O/c20-16-10-22-19(25-13-9-24-28(11-13)14-3-5-30-6-4-14)26-18(16)29(21)15-2-1-12-8-23-27-17(12)7-15/h1-2,7-11,14H,3-6,20-21H2,(H,23,27)(H,22,25,26). The summed E-state index contributed by atoms with van der Waals surface area (Å²) in [5.74, 6) is 7.08. The van der Waals surface area contributed by atoms with Crippen LogP contribution >= 0.6 is 0 Å². The lowest BCUT2D eigenvalue weighted by Gasteiger charge is -2.22. The van der Waals surface area contributed by atoms with Crippen molar-refractivity contribution in [1.29, 1.82) is 0 Å². The number of aromatic nitrogens is 6. The predicted octanol–water partition coefficient (Wildman–Crippen LogP) is 2.24. The molecule has 154 valence electrons. The fourth-order valence-corrected chi connectivity index (χ4v) is 3.51. The Morgan fingerprint density at radius 1 is 1.20 bits per heavy atom. The maximum absolute atomic E-state index is 6.31. The van der Waals surface area contributed by atoms with Crippen LogP contribution in [0, 0.1) is 0 Å². The van der Waals surface area contributed by atoms with Gasteiger partial charge in [0.05, 0.1) is 47.2 Å². The van der Waals surface area contributed by atoms with Crippen LogP contribution in [0.25, 0.3) is 10.9 Å². The van der Waals surface area contributed by atoms with Crippen LogP contribution in [0.3, 0.4) is 0 Å². The molecule has 1 aliphatic heterocycles. The maximum Gasteiger partial charge on any atom is 0.229 e. The predicted molar refractivity (Wildman–Crippen MR) is 113 cm³/mol. The zero-order chi connectivity index (χ0) is 20.5. The minimum absolute atomic E-state index is 0.342. The number of hydrogen-bond acceptors (Lipinski definition) is 9. The highest BCUT2D eigenvalue weighted by Gasteiger charge is 2.17. The number of nitrogen functional groups attached to an aromatic ring is 1. The minimum Gasteiger partial charge on any atom is -0.394 e. The average molecular weight is 406 g/mol. The molecule has 3 aromatic heterocycles. The van der Waals surface area contributed by atoms with E-state index in [0.717, 1.165) is 48.3 Å². The van der Waals surface area contributed by atoms with Crippen molar-refractivity contribution < 1.29 is 4.74 Å². The molecule has 0 atom stereocenters. The van der Waals surface area contributed by atoms with Gasteiger partial charge >= 0.3 is 0 Å². The Bertz CT molecular complexity index is 1160. The molecule has 1 saturated heterocycles. The highest BCUT2D eigenvalue weighted by atomic mass is 16.5. The molecule has 0 spiro atoms. The largest absolute Gasteiger partial charge is 0.394 e. The van der Waals surface area contributed by atoms with Gasteiger partial charge in [-0.3, -0.25) is 14.8 Å². The third-order valence-electron chi connectivity index (χ3n) is 5.15. The number of H-pyrrole nitrogens is 1. The number of anilines is 5. The molecule has 4 heterocycles. The third kappa shape index (κ3) is 3.51. The Morgan fingerprint density at radius 3 is 2.93 bits per heavy atom. The fourth-order valence-electron chi connectivity index (χ4n) is 3.51. The van der Waals surface area contributed by atoms with Crippen LogP contribution in [0.2, 0.25) is 0 Å². The van der Waals surface area contributed by atoms with Crippen LogP contribution in [0.1, 0.15) is 18.9 Å². The molecule has 30 heavy (non-hydrogen) atoms. The molecule has 0 bridgehead atoms. The molecule has 1 aromatic carbocycles. The van der Waals surface area contributed by atoms with E-state index in [0.29, 0.717) is 23.5 Å². The molecule has 6 N–H and O–H groups in total. The zero-order valence-corrected chi connectivity index (χ0v) is 16.2. The first kappa shape index (κ1) is 18.3. The molecule has 0 unspecified atom stereocenters. The Kier molecular flexibility index (Phi) is 4.65. The summed E-state index contributed by atoms with van der Waals surface area (Å²) in [6.45, 7) is 1.52. The Balaban J connectivity index is 1.37. The van der Waals surface area contributed by atoms with Crippen molar-refractivity contribution in [3.8, 4) is 0 Å². The summed E-state index contributed by atoms with van der Waals surface area (Å²) in [7, 11) is 0. The highest BCUT2D eigenvalue weighted by Crippen LogP contribution is 2.29. The molecule has 1 aliphatic rings. The molecule has 5 rings (SSSR count). The van der Waals surface area contributed by atoms with Gasteiger partial charge < -0.3 is 15.8 Å². The first-order chi connectivity index (χ1) is 14.7. The topological polar surface area (TPSA) is 149 Å². The van der Waals surface area contributed by atoms with Crippen LogP contribution in [0.4, 0.5) is 28.8 Å². The lowest BCUT2D eigenvalue weighted by atomic mass is 10.1. The van der Waals surface area contributed by atoms with E-state index in [1.807, 2.05) is 29.1 Å². The number of nitrogens with one attached hydrogen (secondary N) is 2. The normalized spacial score (nSPS) is 14.8. The van der Waals surface area contributed by atoms with Crippen molar-refractivity contribution >= 4 is 39.7 Å². The molecule has 4 aromatic rings. The number of rotatable bonds is 5. The van der Waals surface area contributed by atoms with Gasteiger partial charge in [-0.15, -0.1) is 0 Å². The summed E-state index contributed by atoms with van der Waals surface area (Å²) in [5.41, 5.74) is 8.84. The van der Waals surface area contributed by atoms with E-state index >= 15 is 0 Å². The van der Waals surface area contributed by atoms with Gasteiger partial charge in [0.25, 0.3) is 0 Å². The van der Waals surface area contributed by atoms with Gasteiger partial charge in [0.1, 0.15) is 0 Å². The van der Waals surface area contributed by atoms with Gasteiger partial charge in [-0.1, -0.05) is 0 Å². The van der Waals surface area contributed by atoms with E-state index in [1.54, 1.807) is 12.4 Å². The molecule has 11 nitrogen and oxygen atoms in total. The summed E-state index contributed by atoms with van der Waals surface area (Å²) in [6.07, 6.45) is 8.88. The first-order valence-corrected chi connectivity index (χ1v) is 9.67. The van der Waals surface area contributed by atoms with Crippen molar-refractivity contribution in [3.05, 3.63) is 43.0 Å². The monoisotopic (exact) mass is 406 g/mol. The molecule has 0 amide bonds. The van der Waals surface area contributed by atoms with E-state index in [-0.39, 0.29) is 0 Å². The first-order valence-electron chi connectivity index (χ1n) is 9.67. The summed E-state index contributed by atoms with van der Waals surface area (Å²) in [6, 6.07) is 6.03. The van der Waals surface area contributed by atoms with Gasteiger partial charge in [-0.2, -0.15) is 15.2 Å². The van der Waals surface area contributed by atoms with E-state index in [2.05, 4.69) is 30.6 Å². The second kappa shape index (κ2) is 7.61. The summed E-state index contributed by atoms with van der Waals surface area (Å²) in [4.78, 5) is 8.78. The number of nitrogens with two attached hydrogens (primary N) is 2. The lowest BCUT2D eigenvalue weighted by molar-refractivity contribution is 0.0662. The van der Waals surface area contributed by atoms with Crippen LogP contribution in [0.15, 0.2) is 43.0 Å². The number of ether oxygens (including phenoxy) is 1. The van der Waals surface area contributed by atoms with E-state index in [4.69, 9.17) is 16.3 Å². The van der Waals surface area contributed by atoms with Crippen molar-refractivity contribution in [2.45, 2.75) is 18.9 Å². The van der Waals surface area contributed by atoms with Crippen LogP contribution in [0.5, 0.6) is 0 Å². The average Bonchev–Trinajstić information content (AvgIpc) is 3.44. The lowest BCUT2D eigenvalue weighted by Crippen LogP contribution is -2.27. The maximum atomic E-state index is 6.31. The number of nitrogens with zero attached hydrogens (tertiary/aromatic N) is 6. The smallest absolute Gasteiger partial charge is 0.229 e. The fraction of sp³-hybridized carbons (Fsp3) is 0.263.